The van der Waals surface area contributed by atoms with Gasteiger partial charge < -0.3 is 10.1 Å². The molecule has 0 bridgehead atoms. The molecule has 6 heteroatoms. The van der Waals surface area contributed by atoms with Crippen LogP contribution >= 0.6 is 12.6 Å². The molecule has 0 aliphatic heterocycles. The fourth-order valence-electron chi connectivity index (χ4n) is 1.64. The maximum atomic E-state index is 12.1. The first kappa shape index (κ1) is 16.2. The summed E-state index contributed by atoms with van der Waals surface area (Å²) in [6, 6.07) is 3.44. The average molecular weight is 294 g/mol. The average Bonchev–Trinajstić information content (AvgIpc) is 2.50. The van der Waals surface area contributed by atoms with Crippen molar-refractivity contribution in [1.29, 1.82) is 0 Å². The van der Waals surface area contributed by atoms with Crippen molar-refractivity contribution < 1.29 is 14.3 Å². The van der Waals surface area contributed by atoms with E-state index in [-0.39, 0.29) is 11.4 Å². The molecule has 1 rings (SSSR count). The zero-order valence-electron chi connectivity index (χ0n) is 11.8. The van der Waals surface area contributed by atoms with E-state index in [1.165, 1.54) is 13.2 Å². The molecule has 0 saturated carbocycles. The van der Waals surface area contributed by atoms with Gasteiger partial charge in [-0.25, -0.2) is 9.78 Å². The Labute approximate surface area is 123 Å². The standard InChI is InChI=1S/C14H18N2O3S/c1-4-10-9(8-20)6-7-12(15-10)13(17)16-11(5-2)14(18)19-3/h5-7,20H,4,8H2,1-3H3,(H,16,17)/b11-5+. The van der Waals surface area contributed by atoms with Gasteiger partial charge in [0.15, 0.2) is 0 Å². The number of hydrogen-bond donors (Lipinski definition) is 2. The highest BCUT2D eigenvalue weighted by molar-refractivity contribution is 7.79. The summed E-state index contributed by atoms with van der Waals surface area (Å²) in [5.74, 6) is -0.465. The molecule has 1 aromatic heterocycles. The number of ether oxygens (including phenoxy) is 1. The minimum atomic E-state index is -0.594. The first-order chi connectivity index (χ1) is 9.57. The monoisotopic (exact) mass is 294 g/mol. The predicted molar refractivity (Wildman–Crippen MR) is 79.5 cm³/mol. The van der Waals surface area contributed by atoms with Crippen molar-refractivity contribution in [3.63, 3.8) is 0 Å². The molecule has 0 fully saturated rings. The molecule has 1 aromatic rings. The van der Waals surface area contributed by atoms with E-state index in [0.717, 1.165) is 11.3 Å². The highest BCUT2D eigenvalue weighted by Gasteiger charge is 2.15. The number of esters is 1. The Morgan fingerprint density at radius 2 is 2.15 bits per heavy atom. The molecule has 0 unspecified atom stereocenters. The lowest BCUT2D eigenvalue weighted by Gasteiger charge is -2.09. The van der Waals surface area contributed by atoms with E-state index in [9.17, 15) is 9.59 Å². The van der Waals surface area contributed by atoms with Crippen molar-refractivity contribution in [3.05, 3.63) is 40.9 Å². The number of aromatic nitrogens is 1. The second-order valence-corrected chi connectivity index (χ2v) is 4.28. The van der Waals surface area contributed by atoms with Gasteiger partial charge in [-0.05, 0) is 25.0 Å². The van der Waals surface area contributed by atoms with Crippen LogP contribution < -0.4 is 5.32 Å². The van der Waals surface area contributed by atoms with Crippen LogP contribution in [0, 0.1) is 0 Å². The molecule has 20 heavy (non-hydrogen) atoms. The van der Waals surface area contributed by atoms with Crippen molar-refractivity contribution in [2.45, 2.75) is 26.0 Å². The molecule has 0 saturated heterocycles. The highest BCUT2D eigenvalue weighted by Crippen LogP contribution is 2.11. The number of nitrogens with one attached hydrogen (secondary N) is 1. The minimum Gasteiger partial charge on any atom is -0.464 e. The fourth-order valence-corrected chi connectivity index (χ4v) is 1.93. The quantitative estimate of drug-likeness (QED) is 0.494. The molecule has 0 atom stereocenters. The summed E-state index contributed by atoms with van der Waals surface area (Å²) in [4.78, 5) is 27.8. The number of carbonyl (C=O) groups excluding carboxylic acids is 2. The number of thiol groups is 1. The Morgan fingerprint density at radius 1 is 1.45 bits per heavy atom. The molecule has 0 radical (unpaired) electrons. The fraction of sp³-hybridized carbons (Fsp3) is 0.357. The van der Waals surface area contributed by atoms with Gasteiger partial charge in [-0.3, -0.25) is 4.79 Å². The number of rotatable bonds is 5. The molecule has 0 aromatic carbocycles. The predicted octanol–water partition coefficient (Wildman–Crippen LogP) is 1.88. The maximum Gasteiger partial charge on any atom is 0.354 e. The van der Waals surface area contributed by atoms with Gasteiger partial charge >= 0.3 is 5.97 Å². The zero-order chi connectivity index (χ0) is 15.1. The number of hydrogen-bond acceptors (Lipinski definition) is 5. The highest BCUT2D eigenvalue weighted by atomic mass is 32.1. The van der Waals surface area contributed by atoms with E-state index in [1.54, 1.807) is 13.0 Å². The number of aryl methyl sites for hydroxylation is 1. The Morgan fingerprint density at radius 3 is 2.65 bits per heavy atom. The smallest absolute Gasteiger partial charge is 0.354 e. The van der Waals surface area contributed by atoms with Crippen molar-refractivity contribution in [3.8, 4) is 0 Å². The third-order valence-electron chi connectivity index (χ3n) is 2.75. The summed E-state index contributed by atoms with van der Waals surface area (Å²) in [7, 11) is 1.26. The molecule has 1 N–H and O–H groups in total. The lowest BCUT2D eigenvalue weighted by molar-refractivity contribution is -0.136. The molecule has 1 amide bonds. The van der Waals surface area contributed by atoms with Crippen LogP contribution in [0.5, 0.6) is 0 Å². The van der Waals surface area contributed by atoms with Crippen LogP contribution in [-0.2, 0) is 21.7 Å². The summed E-state index contributed by atoms with van der Waals surface area (Å²) in [6.07, 6.45) is 2.19. The van der Waals surface area contributed by atoms with Gasteiger partial charge in [0.05, 0.1) is 7.11 Å². The third kappa shape index (κ3) is 3.84. The second kappa shape index (κ2) is 7.69. The maximum absolute atomic E-state index is 12.1. The van der Waals surface area contributed by atoms with Gasteiger partial charge in [0, 0.05) is 11.4 Å². The Kier molecular flexibility index (Phi) is 6.24. The van der Waals surface area contributed by atoms with Crippen LogP contribution in [0.15, 0.2) is 23.9 Å². The van der Waals surface area contributed by atoms with Crippen LogP contribution in [0.25, 0.3) is 0 Å². The largest absolute Gasteiger partial charge is 0.464 e. The van der Waals surface area contributed by atoms with Crippen LogP contribution in [-0.4, -0.2) is 24.0 Å². The Bertz CT molecular complexity index is 541. The van der Waals surface area contributed by atoms with Gasteiger partial charge in [-0.2, -0.15) is 12.6 Å². The molecule has 0 spiro atoms. The van der Waals surface area contributed by atoms with Crippen molar-refractivity contribution in [2.75, 3.05) is 7.11 Å². The molecule has 5 nitrogen and oxygen atoms in total. The normalized spacial score (nSPS) is 11.1. The van der Waals surface area contributed by atoms with E-state index >= 15 is 0 Å². The van der Waals surface area contributed by atoms with Crippen LogP contribution in [0.3, 0.4) is 0 Å². The minimum absolute atomic E-state index is 0.0932. The van der Waals surface area contributed by atoms with Gasteiger partial charge in [0.2, 0.25) is 0 Å². The zero-order valence-corrected chi connectivity index (χ0v) is 12.7. The number of allylic oxidation sites excluding steroid dienone is 1. The van der Waals surface area contributed by atoms with Gasteiger partial charge in [-0.15, -0.1) is 0 Å². The van der Waals surface area contributed by atoms with Crippen molar-refractivity contribution >= 4 is 24.5 Å². The van der Waals surface area contributed by atoms with E-state index < -0.39 is 11.9 Å². The van der Waals surface area contributed by atoms with Gasteiger partial charge in [-0.1, -0.05) is 19.1 Å². The molecular weight excluding hydrogens is 276 g/mol. The summed E-state index contributed by atoms with van der Waals surface area (Å²) < 4.78 is 4.57. The number of methoxy groups -OCH3 is 1. The molecule has 0 aliphatic rings. The SMILES string of the molecule is C/C=C(/NC(=O)c1ccc(CS)c(CC)n1)C(=O)OC. The van der Waals surface area contributed by atoms with Crippen LogP contribution in [0.1, 0.15) is 35.6 Å². The molecule has 1 heterocycles. The van der Waals surface area contributed by atoms with E-state index in [4.69, 9.17) is 0 Å². The summed E-state index contributed by atoms with van der Waals surface area (Å²) in [6.45, 7) is 3.60. The first-order valence-corrected chi connectivity index (χ1v) is 6.86. The number of nitrogens with zero attached hydrogens (tertiary/aromatic N) is 1. The summed E-state index contributed by atoms with van der Waals surface area (Å²) >= 11 is 4.22. The first-order valence-electron chi connectivity index (χ1n) is 6.22. The summed E-state index contributed by atoms with van der Waals surface area (Å²) in [5, 5.41) is 2.49. The van der Waals surface area contributed by atoms with Crippen LogP contribution in [0.4, 0.5) is 0 Å². The van der Waals surface area contributed by atoms with E-state index in [0.29, 0.717) is 12.2 Å². The van der Waals surface area contributed by atoms with E-state index in [2.05, 4.69) is 27.7 Å². The van der Waals surface area contributed by atoms with Crippen LogP contribution in [0.2, 0.25) is 0 Å². The van der Waals surface area contributed by atoms with Gasteiger partial charge in [0.1, 0.15) is 11.4 Å². The topological polar surface area (TPSA) is 68.3 Å². The Balaban J connectivity index is 2.95. The number of amides is 1. The lowest BCUT2D eigenvalue weighted by atomic mass is 10.1. The molecule has 0 aliphatic carbocycles. The van der Waals surface area contributed by atoms with E-state index in [1.807, 2.05) is 13.0 Å². The molecule has 108 valence electrons. The number of carbonyl (C=O) groups is 2. The summed E-state index contributed by atoms with van der Waals surface area (Å²) in [5.41, 5.74) is 2.17. The van der Waals surface area contributed by atoms with Crippen molar-refractivity contribution in [1.82, 2.24) is 10.3 Å². The number of pyridine rings is 1. The Hall–Kier alpha value is -1.82. The molecular formula is C14H18N2O3S. The second-order valence-electron chi connectivity index (χ2n) is 3.96. The van der Waals surface area contributed by atoms with Gasteiger partial charge in [0.25, 0.3) is 5.91 Å². The lowest BCUT2D eigenvalue weighted by Crippen LogP contribution is -2.29. The third-order valence-corrected chi connectivity index (χ3v) is 3.09. The van der Waals surface area contributed by atoms with Crippen molar-refractivity contribution in [2.24, 2.45) is 0 Å².